The molecule has 0 saturated heterocycles. The van der Waals surface area contributed by atoms with Gasteiger partial charge in [0.05, 0.1) is 0 Å². The van der Waals surface area contributed by atoms with Crippen LogP contribution in [0.5, 0.6) is 0 Å². The van der Waals surface area contributed by atoms with Gasteiger partial charge in [0, 0.05) is 19.3 Å². The molecule has 0 aromatic heterocycles. The van der Waals surface area contributed by atoms with Crippen molar-refractivity contribution >= 4 is 17.9 Å². The van der Waals surface area contributed by atoms with E-state index < -0.39 is 6.10 Å². The maximum Gasteiger partial charge on any atom is 0.306 e. The third-order valence-electron chi connectivity index (χ3n) is 11.7. The second-order valence-electron chi connectivity index (χ2n) is 18.3. The number of rotatable bonds is 49. The second-order valence-corrected chi connectivity index (χ2v) is 18.3. The predicted octanol–water partition coefficient (Wildman–Crippen LogP) is 18.4. The molecule has 0 aliphatic rings. The number of carbonyl (C=O) groups is 3. The molecule has 0 radical (unpaired) electrons. The standard InChI is InChI=1S/C60H102O6/c1-4-7-10-13-16-19-22-25-27-29-31-33-35-38-41-44-47-50-53-59(62)65-56-57(55-64-58(61)52-49-46-43-40-37-24-21-18-15-12-9-6-3)66-60(63)54-51-48-45-42-39-36-34-32-30-28-26-23-20-17-14-11-8-5-2/h16,18-19,21-22,25,27-34,57H,4-15,17,20,23-24,26,35-56H2,1-3H3/b19-16-,21-18-,25-22-,29-27-,30-28-,33-31-,34-32-. The summed E-state index contributed by atoms with van der Waals surface area (Å²) in [6.45, 7) is 6.53. The van der Waals surface area contributed by atoms with Gasteiger partial charge in [-0.15, -0.1) is 0 Å². The largest absolute Gasteiger partial charge is 0.462 e. The first-order valence-corrected chi connectivity index (χ1v) is 27.7. The van der Waals surface area contributed by atoms with E-state index in [2.05, 4.69) is 106 Å². The fraction of sp³-hybridized carbons (Fsp3) is 0.717. The fourth-order valence-electron chi connectivity index (χ4n) is 7.50. The first-order chi connectivity index (χ1) is 32.5. The van der Waals surface area contributed by atoms with E-state index >= 15 is 0 Å². The lowest BCUT2D eigenvalue weighted by atomic mass is 10.1. The number of allylic oxidation sites excluding steroid dienone is 14. The number of unbranched alkanes of at least 4 members (excludes halogenated alkanes) is 28. The van der Waals surface area contributed by atoms with E-state index in [1.807, 2.05) is 0 Å². The van der Waals surface area contributed by atoms with Crippen LogP contribution in [0.3, 0.4) is 0 Å². The van der Waals surface area contributed by atoms with Crippen molar-refractivity contribution in [3.63, 3.8) is 0 Å². The summed E-state index contributed by atoms with van der Waals surface area (Å²) < 4.78 is 16.8. The minimum atomic E-state index is -0.798. The van der Waals surface area contributed by atoms with Gasteiger partial charge >= 0.3 is 17.9 Å². The van der Waals surface area contributed by atoms with Gasteiger partial charge in [0.15, 0.2) is 6.10 Å². The average molecular weight is 919 g/mol. The number of hydrogen-bond acceptors (Lipinski definition) is 6. The number of esters is 3. The predicted molar refractivity (Wildman–Crippen MR) is 284 cm³/mol. The number of carbonyl (C=O) groups excluding carboxylic acids is 3. The molecular weight excluding hydrogens is 817 g/mol. The topological polar surface area (TPSA) is 78.9 Å². The zero-order chi connectivity index (χ0) is 47.9. The molecule has 0 aliphatic carbocycles. The van der Waals surface area contributed by atoms with Crippen molar-refractivity contribution in [1.82, 2.24) is 0 Å². The van der Waals surface area contributed by atoms with Crippen LogP contribution in [0.1, 0.15) is 258 Å². The van der Waals surface area contributed by atoms with Crippen LogP contribution < -0.4 is 0 Å². The molecule has 6 nitrogen and oxygen atoms in total. The summed E-state index contributed by atoms with van der Waals surface area (Å²) in [6.07, 6.45) is 69.9. The van der Waals surface area contributed by atoms with Crippen molar-refractivity contribution in [3.8, 4) is 0 Å². The van der Waals surface area contributed by atoms with Crippen LogP contribution in [0.2, 0.25) is 0 Å². The summed E-state index contributed by atoms with van der Waals surface area (Å²) in [7, 11) is 0. The van der Waals surface area contributed by atoms with Gasteiger partial charge in [0.2, 0.25) is 0 Å². The summed E-state index contributed by atoms with van der Waals surface area (Å²) in [4.78, 5) is 38.1. The van der Waals surface area contributed by atoms with Gasteiger partial charge in [-0.25, -0.2) is 0 Å². The highest BCUT2D eigenvalue weighted by Crippen LogP contribution is 2.14. The molecule has 0 spiro atoms. The number of hydrogen-bond donors (Lipinski definition) is 0. The Hall–Kier alpha value is -3.41. The van der Waals surface area contributed by atoms with Crippen LogP contribution in [0.25, 0.3) is 0 Å². The van der Waals surface area contributed by atoms with Crippen LogP contribution in [0.4, 0.5) is 0 Å². The van der Waals surface area contributed by atoms with E-state index in [-0.39, 0.29) is 31.1 Å². The lowest BCUT2D eigenvalue weighted by molar-refractivity contribution is -0.167. The van der Waals surface area contributed by atoms with Gasteiger partial charge in [-0.3, -0.25) is 14.4 Å². The second kappa shape index (κ2) is 54.2. The van der Waals surface area contributed by atoms with Crippen molar-refractivity contribution in [3.05, 3.63) is 85.1 Å². The molecule has 0 aromatic rings. The molecule has 0 heterocycles. The molecule has 378 valence electrons. The summed E-state index contributed by atoms with van der Waals surface area (Å²) >= 11 is 0. The van der Waals surface area contributed by atoms with E-state index in [0.29, 0.717) is 19.3 Å². The van der Waals surface area contributed by atoms with Gasteiger partial charge in [-0.05, 0) is 96.3 Å². The third-order valence-corrected chi connectivity index (χ3v) is 11.7. The van der Waals surface area contributed by atoms with Gasteiger partial charge in [-0.1, -0.05) is 228 Å². The Kier molecular flexibility index (Phi) is 51.4. The zero-order valence-corrected chi connectivity index (χ0v) is 43.2. The first-order valence-electron chi connectivity index (χ1n) is 27.7. The van der Waals surface area contributed by atoms with Crippen molar-refractivity contribution < 1.29 is 28.6 Å². The Balaban J connectivity index is 4.46. The Morgan fingerprint density at radius 3 is 0.939 bits per heavy atom. The van der Waals surface area contributed by atoms with Gasteiger partial charge in [0.25, 0.3) is 0 Å². The Morgan fingerprint density at radius 2 is 0.561 bits per heavy atom. The van der Waals surface area contributed by atoms with Gasteiger partial charge in [-0.2, -0.15) is 0 Å². The summed E-state index contributed by atoms with van der Waals surface area (Å²) in [5.74, 6) is -0.940. The minimum Gasteiger partial charge on any atom is -0.462 e. The molecule has 0 N–H and O–H groups in total. The van der Waals surface area contributed by atoms with Crippen molar-refractivity contribution in [2.24, 2.45) is 0 Å². The third kappa shape index (κ3) is 51.6. The molecule has 0 aromatic carbocycles. The van der Waals surface area contributed by atoms with E-state index in [4.69, 9.17) is 14.2 Å². The molecule has 0 amide bonds. The highest BCUT2D eigenvalue weighted by molar-refractivity contribution is 5.71. The van der Waals surface area contributed by atoms with Crippen LogP contribution in [0, 0.1) is 0 Å². The van der Waals surface area contributed by atoms with E-state index in [1.165, 1.54) is 109 Å². The van der Waals surface area contributed by atoms with Crippen LogP contribution in [-0.2, 0) is 28.6 Å². The lowest BCUT2D eigenvalue weighted by Crippen LogP contribution is -2.30. The molecule has 0 aliphatic heterocycles. The smallest absolute Gasteiger partial charge is 0.306 e. The van der Waals surface area contributed by atoms with Crippen molar-refractivity contribution in [2.45, 2.75) is 264 Å². The molecule has 0 rings (SSSR count). The maximum atomic E-state index is 12.8. The quantitative estimate of drug-likeness (QED) is 0.0199. The van der Waals surface area contributed by atoms with Crippen LogP contribution >= 0.6 is 0 Å². The first kappa shape index (κ1) is 62.6. The Bertz CT molecular complexity index is 1290. The molecular formula is C60H102O6. The van der Waals surface area contributed by atoms with Gasteiger partial charge < -0.3 is 14.2 Å². The van der Waals surface area contributed by atoms with Crippen LogP contribution in [-0.4, -0.2) is 37.2 Å². The lowest BCUT2D eigenvalue weighted by Gasteiger charge is -2.18. The maximum absolute atomic E-state index is 12.8. The molecule has 0 saturated carbocycles. The summed E-state index contributed by atoms with van der Waals surface area (Å²) in [5, 5.41) is 0. The van der Waals surface area contributed by atoms with Crippen molar-refractivity contribution in [1.29, 1.82) is 0 Å². The molecule has 0 bridgehead atoms. The highest BCUT2D eigenvalue weighted by atomic mass is 16.6. The fourth-order valence-corrected chi connectivity index (χ4v) is 7.50. The Labute approximate surface area is 407 Å². The minimum absolute atomic E-state index is 0.0955. The van der Waals surface area contributed by atoms with E-state index in [9.17, 15) is 14.4 Å². The SMILES string of the molecule is CCCCC\C=C/C=C\C=C/C=C\CCCCCCCC(=O)OCC(COC(=O)CCCCCCC/C=C\CCCCC)OC(=O)CCCCCCC/C=C\C=C/CCCCCCCCC. The Morgan fingerprint density at radius 1 is 0.303 bits per heavy atom. The zero-order valence-electron chi connectivity index (χ0n) is 43.2. The number of ether oxygens (including phenoxy) is 3. The van der Waals surface area contributed by atoms with Gasteiger partial charge in [0.1, 0.15) is 13.2 Å². The normalized spacial score (nSPS) is 12.7. The summed E-state index contributed by atoms with van der Waals surface area (Å²) in [6, 6.07) is 0. The molecule has 1 atom stereocenters. The molecule has 1 unspecified atom stereocenters. The average Bonchev–Trinajstić information content (AvgIpc) is 3.31. The monoisotopic (exact) mass is 919 g/mol. The highest BCUT2D eigenvalue weighted by Gasteiger charge is 2.19. The van der Waals surface area contributed by atoms with Crippen molar-refractivity contribution in [2.75, 3.05) is 13.2 Å². The van der Waals surface area contributed by atoms with E-state index in [0.717, 1.165) is 109 Å². The summed E-state index contributed by atoms with van der Waals surface area (Å²) in [5.41, 5.74) is 0. The molecule has 66 heavy (non-hydrogen) atoms. The van der Waals surface area contributed by atoms with E-state index in [1.54, 1.807) is 0 Å². The molecule has 6 heteroatoms. The molecule has 0 fully saturated rings. The van der Waals surface area contributed by atoms with Crippen LogP contribution in [0.15, 0.2) is 85.1 Å².